The highest BCUT2D eigenvalue weighted by Crippen LogP contribution is 2.31. The van der Waals surface area contributed by atoms with Crippen molar-refractivity contribution < 1.29 is 9.59 Å². The first kappa shape index (κ1) is 19.1. The smallest absolute Gasteiger partial charge is 0.263 e. The van der Waals surface area contributed by atoms with E-state index in [1.165, 1.54) is 0 Å². The molecule has 0 aliphatic carbocycles. The SMILES string of the molecule is O=C(NCc1ccc(N2CCCC2=O)cc1)c1ccc2n(c1=O)C[C@@H]1CNC[C@H]2C1. The van der Waals surface area contributed by atoms with Crippen LogP contribution in [0, 0.1) is 5.92 Å². The molecule has 0 radical (unpaired) electrons. The van der Waals surface area contributed by atoms with Crippen molar-refractivity contribution in [3.63, 3.8) is 0 Å². The van der Waals surface area contributed by atoms with Gasteiger partial charge in [0, 0.05) is 49.9 Å². The minimum Gasteiger partial charge on any atom is -0.348 e. The average Bonchev–Trinajstić information content (AvgIpc) is 3.19. The molecule has 0 spiro atoms. The summed E-state index contributed by atoms with van der Waals surface area (Å²) in [5.74, 6) is 0.614. The predicted molar refractivity (Wildman–Crippen MR) is 114 cm³/mol. The van der Waals surface area contributed by atoms with Crippen LogP contribution in [0.5, 0.6) is 0 Å². The molecule has 2 N–H and O–H groups in total. The van der Waals surface area contributed by atoms with E-state index >= 15 is 0 Å². The van der Waals surface area contributed by atoms with Gasteiger partial charge in [0.1, 0.15) is 5.56 Å². The lowest BCUT2D eigenvalue weighted by atomic mass is 9.84. The van der Waals surface area contributed by atoms with Crippen molar-refractivity contribution in [3.8, 4) is 0 Å². The van der Waals surface area contributed by atoms with Gasteiger partial charge in [0.25, 0.3) is 11.5 Å². The number of amides is 2. The minimum atomic E-state index is -0.344. The number of carbonyl (C=O) groups is 2. The van der Waals surface area contributed by atoms with E-state index in [1.807, 2.05) is 30.3 Å². The van der Waals surface area contributed by atoms with E-state index in [-0.39, 0.29) is 22.9 Å². The molecule has 2 saturated heterocycles. The molecule has 0 unspecified atom stereocenters. The van der Waals surface area contributed by atoms with Crippen molar-refractivity contribution in [1.82, 2.24) is 15.2 Å². The number of hydrogen-bond acceptors (Lipinski definition) is 4. The zero-order valence-electron chi connectivity index (χ0n) is 16.9. The fraction of sp³-hybridized carbons (Fsp3) is 0.435. The largest absolute Gasteiger partial charge is 0.348 e. The van der Waals surface area contributed by atoms with Crippen molar-refractivity contribution >= 4 is 17.5 Å². The quantitative estimate of drug-likeness (QED) is 0.808. The van der Waals surface area contributed by atoms with Crippen LogP contribution in [-0.2, 0) is 17.9 Å². The first-order valence-electron chi connectivity index (χ1n) is 10.7. The number of nitrogens with zero attached hydrogens (tertiary/aromatic N) is 2. The Morgan fingerprint density at radius 2 is 1.93 bits per heavy atom. The molecule has 2 atom stereocenters. The van der Waals surface area contributed by atoms with E-state index < -0.39 is 0 Å². The molecular formula is C23H26N4O3. The number of piperidine rings is 1. The number of fused-ring (bicyclic) bond motifs is 4. The Labute approximate surface area is 175 Å². The number of pyridine rings is 1. The third-order valence-electron chi connectivity index (χ3n) is 6.53. The highest BCUT2D eigenvalue weighted by atomic mass is 16.2. The number of aromatic nitrogens is 1. The number of rotatable bonds is 4. The van der Waals surface area contributed by atoms with Crippen molar-refractivity contribution in [2.24, 2.45) is 5.92 Å². The van der Waals surface area contributed by atoms with Crippen molar-refractivity contribution in [3.05, 3.63) is 63.6 Å². The van der Waals surface area contributed by atoms with Gasteiger partial charge in [-0.3, -0.25) is 14.4 Å². The number of nitrogens with one attached hydrogen (secondary N) is 2. The third kappa shape index (κ3) is 3.43. The van der Waals surface area contributed by atoms with Gasteiger partial charge in [-0.05, 0) is 55.1 Å². The van der Waals surface area contributed by atoms with Crippen LogP contribution in [0.1, 0.15) is 46.8 Å². The summed E-state index contributed by atoms with van der Waals surface area (Å²) in [6, 6.07) is 11.2. The number of anilines is 1. The normalized spacial score (nSPS) is 22.7. The van der Waals surface area contributed by atoms with Crippen molar-refractivity contribution in [2.45, 2.75) is 38.3 Å². The molecule has 1 aromatic carbocycles. The van der Waals surface area contributed by atoms with E-state index in [0.29, 0.717) is 31.3 Å². The minimum absolute atomic E-state index is 0.156. The predicted octanol–water partition coefficient (Wildman–Crippen LogP) is 1.61. The van der Waals surface area contributed by atoms with Crippen LogP contribution < -0.4 is 21.1 Å². The molecule has 156 valence electrons. The summed E-state index contributed by atoms with van der Waals surface area (Å²) in [7, 11) is 0. The average molecular weight is 406 g/mol. The molecule has 1 aromatic heterocycles. The number of benzene rings is 1. The Balaban J connectivity index is 1.28. The van der Waals surface area contributed by atoms with E-state index in [9.17, 15) is 14.4 Å². The fourth-order valence-electron chi connectivity index (χ4n) is 4.96. The topological polar surface area (TPSA) is 83.4 Å². The lowest BCUT2D eigenvalue weighted by Gasteiger charge is -2.37. The molecular weight excluding hydrogens is 380 g/mol. The van der Waals surface area contributed by atoms with Crippen LogP contribution >= 0.6 is 0 Å². The van der Waals surface area contributed by atoms with E-state index in [1.54, 1.807) is 15.5 Å². The Kier molecular flexibility index (Phi) is 4.90. The maximum atomic E-state index is 13.0. The van der Waals surface area contributed by atoms with Gasteiger partial charge in [-0.25, -0.2) is 0 Å². The van der Waals surface area contributed by atoms with Crippen LogP contribution in [0.2, 0.25) is 0 Å². The molecule has 2 amide bonds. The summed E-state index contributed by atoms with van der Waals surface area (Å²) in [5, 5.41) is 6.30. The number of carbonyl (C=O) groups excluding carboxylic acids is 2. The zero-order valence-corrected chi connectivity index (χ0v) is 16.9. The molecule has 2 bridgehead atoms. The first-order chi connectivity index (χ1) is 14.6. The Morgan fingerprint density at radius 3 is 2.70 bits per heavy atom. The van der Waals surface area contributed by atoms with Crippen LogP contribution in [0.25, 0.3) is 0 Å². The molecule has 0 saturated carbocycles. The monoisotopic (exact) mass is 406 g/mol. The van der Waals surface area contributed by atoms with Crippen molar-refractivity contribution in [1.29, 1.82) is 0 Å². The third-order valence-corrected chi connectivity index (χ3v) is 6.53. The second-order valence-electron chi connectivity index (χ2n) is 8.54. The van der Waals surface area contributed by atoms with Gasteiger partial charge in [0.15, 0.2) is 0 Å². The Bertz CT molecular complexity index is 1040. The summed E-state index contributed by atoms with van der Waals surface area (Å²) < 4.78 is 1.80. The van der Waals surface area contributed by atoms with Crippen LogP contribution in [0.15, 0.2) is 41.2 Å². The second-order valence-corrected chi connectivity index (χ2v) is 8.54. The highest BCUT2D eigenvalue weighted by Gasteiger charge is 2.31. The molecule has 2 fully saturated rings. The Hall–Kier alpha value is -2.93. The maximum absolute atomic E-state index is 13.0. The summed E-state index contributed by atoms with van der Waals surface area (Å²) in [4.78, 5) is 39.3. The second kappa shape index (κ2) is 7.72. The molecule has 3 aliphatic rings. The summed E-state index contributed by atoms with van der Waals surface area (Å²) in [6.07, 6.45) is 2.61. The fourth-order valence-corrected chi connectivity index (χ4v) is 4.96. The van der Waals surface area contributed by atoms with Crippen LogP contribution in [0.4, 0.5) is 5.69 Å². The van der Waals surface area contributed by atoms with Crippen molar-refractivity contribution in [2.75, 3.05) is 24.5 Å². The van der Waals surface area contributed by atoms with Gasteiger partial charge in [-0.2, -0.15) is 0 Å². The molecule has 30 heavy (non-hydrogen) atoms. The van der Waals surface area contributed by atoms with Gasteiger partial charge >= 0.3 is 0 Å². The van der Waals surface area contributed by atoms with Gasteiger partial charge in [-0.1, -0.05) is 12.1 Å². The number of hydrogen-bond donors (Lipinski definition) is 2. The molecule has 7 nitrogen and oxygen atoms in total. The van der Waals surface area contributed by atoms with E-state index in [0.717, 1.165) is 49.4 Å². The lowest BCUT2D eigenvalue weighted by molar-refractivity contribution is -0.117. The molecule has 4 heterocycles. The summed E-state index contributed by atoms with van der Waals surface area (Å²) in [6.45, 7) is 3.59. The molecule has 5 rings (SSSR count). The van der Waals surface area contributed by atoms with E-state index in [4.69, 9.17) is 0 Å². The van der Waals surface area contributed by atoms with Gasteiger partial charge in [0.2, 0.25) is 5.91 Å². The summed E-state index contributed by atoms with van der Waals surface area (Å²) in [5.41, 5.74) is 2.86. The van der Waals surface area contributed by atoms with Crippen LogP contribution in [0.3, 0.4) is 0 Å². The van der Waals surface area contributed by atoms with Gasteiger partial charge in [-0.15, -0.1) is 0 Å². The van der Waals surface area contributed by atoms with E-state index in [2.05, 4.69) is 10.6 Å². The highest BCUT2D eigenvalue weighted by molar-refractivity contribution is 5.95. The first-order valence-corrected chi connectivity index (χ1v) is 10.7. The lowest BCUT2D eigenvalue weighted by Crippen LogP contribution is -2.46. The molecule has 2 aromatic rings. The maximum Gasteiger partial charge on any atom is 0.263 e. The Morgan fingerprint density at radius 1 is 1.10 bits per heavy atom. The van der Waals surface area contributed by atoms with Gasteiger partial charge in [0.05, 0.1) is 0 Å². The van der Waals surface area contributed by atoms with Gasteiger partial charge < -0.3 is 20.1 Å². The van der Waals surface area contributed by atoms with Crippen LogP contribution in [-0.4, -0.2) is 36.0 Å². The zero-order chi connectivity index (χ0) is 20.7. The standard InChI is InChI=1S/C23H26N4O3/c28-21-2-1-9-26(21)18-5-3-15(4-6-18)12-25-22(29)19-7-8-20-17-10-16(11-24-13-17)14-27(20)23(19)30/h3-8,16-17,24H,1-2,9-14H2,(H,25,29)/t16-,17+/m0/s1. The molecule has 3 aliphatic heterocycles. The summed E-state index contributed by atoms with van der Waals surface area (Å²) >= 11 is 0. The molecule has 7 heteroatoms.